The standard InChI is InChI=1S/C29H29N5O5S/c1-18-11-12-22(34(36)37)15-28(18)40(38,39)33(19(2)13-20-16-31-25-9-5-3-7-23(20)25)27(29(30)35)14-21-17-32-26-10-6-4-8-24(21)26/h3-12,15-17,19,27,31-32H,13-14H2,1-2H3,(H2,30,35). The number of aryl methyl sites for hydroxylation is 1. The largest absolute Gasteiger partial charge is 0.368 e. The second-order valence-electron chi connectivity index (χ2n) is 9.94. The maximum absolute atomic E-state index is 14.4. The van der Waals surface area contributed by atoms with Crippen molar-refractivity contribution in [1.82, 2.24) is 14.3 Å². The highest BCUT2D eigenvalue weighted by atomic mass is 32.2. The van der Waals surface area contributed by atoms with Crippen LogP contribution in [-0.4, -0.2) is 45.6 Å². The Morgan fingerprint density at radius 1 is 0.950 bits per heavy atom. The summed E-state index contributed by atoms with van der Waals surface area (Å²) in [7, 11) is -4.44. The molecule has 1 amide bonds. The first-order valence-corrected chi connectivity index (χ1v) is 14.2. The number of H-pyrrole nitrogens is 2. The van der Waals surface area contributed by atoms with E-state index in [1.165, 1.54) is 12.1 Å². The lowest BCUT2D eigenvalue weighted by Gasteiger charge is -2.34. The first-order chi connectivity index (χ1) is 19.1. The highest BCUT2D eigenvalue weighted by Gasteiger charge is 2.40. The van der Waals surface area contributed by atoms with Gasteiger partial charge < -0.3 is 15.7 Å². The van der Waals surface area contributed by atoms with Crippen molar-refractivity contribution in [2.75, 3.05) is 0 Å². The molecule has 5 rings (SSSR count). The summed E-state index contributed by atoms with van der Waals surface area (Å²) < 4.78 is 29.9. The Labute approximate surface area is 231 Å². The number of carbonyl (C=O) groups excluding carboxylic acids is 1. The molecule has 0 aliphatic heterocycles. The number of nitro groups is 1. The first kappa shape index (κ1) is 27.1. The van der Waals surface area contributed by atoms with E-state index >= 15 is 0 Å². The third kappa shape index (κ3) is 4.96. The molecule has 2 aromatic heterocycles. The Morgan fingerprint density at radius 3 is 2.05 bits per heavy atom. The number of primary amides is 1. The van der Waals surface area contributed by atoms with E-state index in [2.05, 4.69) is 9.97 Å². The van der Waals surface area contributed by atoms with Crippen molar-refractivity contribution in [2.24, 2.45) is 5.73 Å². The molecule has 0 saturated carbocycles. The van der Waals surface area contributed by atoms with Crippen LogP contribution in [0.4, 0.5) is 5.69 Å². The van der Waals surface area contributed by atoms with Gasteiger partial charge in [-0.2, -0.15) is 4.31 Å². The van der Waals surface area contributed by atoms with Crippen LogP contribution >= 0.6 is 0 Å². The van der Waals surface area contributed by atoms with E-state index in [-0.39, 0.29) is 23.4 Å². The number of nitro benzene ring substituents is 1. The molecule has 2 atom stereocenters. The second kappa shape index (κ2) is 10.6. The normalized spacial score (nSPS) is 13.6. The molecule has 0 bridgehead atoms. The molecule has 10 nitrogen and oxygen atoms in total. The van der Waals surface area contributed by atoms with Gasteiger partial charge in [0.25, 0.3) is 5.69 Å². The van der Waals surface area contributed by atoms with Gasteiger partial charge in [0.1, 0.15) is 6.04 Å². The molecule has 0 spiro atoms. The van der Waals surface area contributed by atoms with Gasteiger partial charge in [-0.1, -0.05) is 42.5 Å². The maximum Gasteiger partial charge on any atom is 0.270 e. The molecule has 0 radical (unpaired) electrons. The van der Waals surface area contributed by atoms with E-state index in [0.717, 1.165) is 43.3 Å². The van der Waals surface area contributed by atoms with Crippen LogP contribution in [0, 0.1) is 17.0 Å². The summed E-state index contributed by atoms with van der Waals surface area (Å²) in [4.78, 5) is 30.1. The highest BCUT2D eigenvalue weighted by molar-refractivity contribution is 7.89. The molecular formula is C29H29N5O5S. The molecule has 206 valence electrons. The van der Waals surface area contributed by atoms with E-state index in [4.69, 9.17) is 5.73 Å². The van der Waals surface area contributed by atoms with Crippen LogP contribution in [0.2, 0.25) is 0 Å². The first-order valence-electron chi connectivity index (χ1n) is 12.8. The predicted octanol–water partition coefficient (Wildman–Crippen LogP) is 4.58. The summed E-state index contributed by atoms with van der Waals surface area (Å²) in [6.45, 7) is 3.29. The van der Waals surface area contributed by atoms with Gasteiger partial charge in [0, 0.05) is 58.8 Å². The number of benzene rings is 3. The highest BCUT2D eigenvalue weighted by Crippen LogP contribution is 2.31. The number of non-ortho nitro benzene ring substituents is 1. The Morgan fingerprint density at radius 2 is 1.50 bits per heavy atom. The number of para-hydroxylation sites is 2. The molecule has 40 heavy (non-hydrogen) atoms. The van der Waals surface area contributed by atoms with Crippen molar-refractivity contribution in [3.8, 4) is 0 Å². The minimum absolute atomic E-state index is 0.0186. The predicted molar refractivity (Wildman–Crippen MR) is 153 cm³/mol. The van der Waals surface area contributed by atoms with Crippen LogP contribution in [0.5, 0.6) is 0 Å². The average Bonchev–Trinajstić information content (AvgIpc) is 3.52. The molecule has 2 unspecified atom stereocenters. The quantitative estimate of drug-likeness (QED) is 0.169. The van der Waals surface area contributed by atoms with E-state index in [0.29, 0.717) is 5.56 Å². The number of nitrogens with one attached hydrogen (secondary N) is 2. The zero-order valence-electron chi connectivity index (χ0n) is 22.0. The van der Waals surface area contributed by atoms with Crippen molar-refractivity contribution >= 4 is 43.4 Å². The molecule has 2 heterocycles. The Hall–Kier alpha value is -4.48. The third-order valence-corrected chi connectivity index (χ3v) is 9.45. The van der Waals surface area contributed by atoms with E-state index in [1.54, 1.807) is 20.0 Å². The van der Waals surface area contributed by atoms with Crippen LogP contribution in [0.1, 0.15) is 23.6 Å². The van der Waals surface area contributed by atoms with Crippen LogP contribution in [0.3, 0.4) is 0 Å². The van der Waals surface area contributed by atoms with Crippen LogP contribution in [0.25, 0.3) is 21.8 Å². The second-order valence-corrected chi connectivity index (χ2v) is 11.7. The van der Waals surface area contributed by atoms with Crippen molar-refractivity contribution in [2.45, 2.75) is 43.7 Å². The van der Waals surface area contributed by atoms with Crippen LogP contribution in [0.15, 0.2) is 84.0 Å². The van der Waals surface area contributed by atoms with Gasteiger partial charge in [-0.3, -0.25) is 14.9 Å². The summed E-state index contributed by atoms with van der Waals surface area (Å²) in [5.41, 5.74) is 9.23. The topological polar surface area (TPSA) is 155 Å². The fourth-order valence-electron chi connectivity index (χ4n) is 5.34. The van der Waals surface area contributed by atoms with E-state index < -0.39 is 32.9 Å². The smallest absolute Gasteiger partial charge is 0.270 e. The third-order valence-electron chi connectivity index (χ3n) is 7.29. The molecule has 4 N–H and O–H groups in total. The number of aromatic nitrogens is 2. The SMILES string of the molecule is Cc1ccc([N+](=O)[O-])cc1S(=O)(=O)N(C(C)Cc1c[nH]c2ccccc12)C(Cc1c[nH]c2ccccc12)C(N)=O. The zero-order chi connectivity index (χ0) is 28.6. The lowest BCUT2D eigenvalue weighted by Crippen LogP contribution is -2.53. The van der Waals surface area contributed by atoms with Gasteiger partial charge in [0.2, 0.25) is 15.9 Å². The Bertz CT molecular complexity index is 1840. The number of sulfonamides is 1. The number of nitrogens with two attached hydrogens (primary N) is 1. The molecule has 0 aliphatic carbocycles. The molecule has 11 heteroatoms. The van der Waals surface area contributed by atoms with Gasteiger partial charge in [-0.25, -0.2) is 8.42 Å². The summed E-state index contributed by atoms with van der Waals surface area (Å²) in [5.74, 6) is -0.817. The molecule has 0 fully saturated rings. The molecule has 5 aromatic rings. The lowest BCUT2D eigenvalue weighted by molar-refractivity contribution is -0.385. The number of fused-ring (bicyclic) bond motifs is 2. The van der Waals surface area contributed by atoms with Gasteiger partial charge in [-0.15, -0.1) is 0 Å². The van der Waals surface area contributed by atoms with Gasteiger partial charge in [-0.05, 0) is 49.1 Å². The minimum atomic E-state index is -4.44. The zero-order valence-corrected chi connectivity index (χ0v) is 22.8. The van der Waals surface area contributed by atoms with Gasteiger partial charge in [0.05, 0.1) is 9.82 Å². The van der Waals surface area contributed by atoms with Crippen molar-refractivity contribution in [3.05, 3.63) is 106 Å². The average molecular weight is 560 g/mol. The summed E-state index contributed by atoms with van der Waals surface area (Å²) in [6, 6.07) is 16.9. The van der Waals surface area contributed by atoms with Crippen LogP contribution in [-0.2, 0) is 27.7 Å². The summed E-state index contributed by atoms with van der Waals surface area (Å²) >= 11 is 0. The van der Waals surface area contributed by atoms with Gasteiger partial charge >= 0.3 is 0 Å². The van der Waals surface area contributed by atoms with Crippen molar-refractivity contribution in [3.63, 3.8) is 0 Å². The summed E-state index contributed by atoms with van der Waals surface area (Å²) in [5, 5.41) is 13.3. The molecule has 0 saturated heterocycles. The van der Waals surface area contributed by atoms with Crippen LogP contribution < -0.4 is 5.73 Å². The monoisotopic (exact) mass is 559 g/mol. The van der Waals surface area contributed by atoms with E-state index in [9.17, 15) is 23.3 Å². The number of carbonyl (C=O) groups is 1. The number of amides is 1. The molecule has 3 aromatic carbocycles. The fraction of sp³-hybridized carbons (Fsp3) is 0.207. The van der Waals surface area contributed by atoms with Gasteiger partial charge in [0.15, 0.2) is 0 Å². The van der Waals surface area contributed by atoms with Crippen molar-refractivity contribution in [1.29, 1.82) is 0 Å². The molecular weight excluding hydrogens is 530 g/mol. The lowest BCUT2D eigenvalue weighted by atomic mass is 10.0. The number of hydrogen-bond acceptors (Lipinski definition) is 5. The number of aromatic amines is 2. The Kier molecular flexibility index (Phi) is 7.17. The van der Waals surface area contributed by atoms with Crippen molar-refractivity contribution < 1.29 is 18.1 Å². The number of nitrogens with zero attached hydrogens (tertiary/aromatic N) is 2. The molecule has 0 aliphatic rings. The Balaban J connectivity index is 1.63. The number of rotatable bonds is 10. The van der Waals surface area contributed by atoms with E-state index in [1.807, 2.05) is 54.7 Å². The fourth-order valence-corrected chi connectivity index (χ4v) is 7.37. The summed E-state index contributed by atoms with van der Waals surface area (Å²) in [6.07, 6.45) is 3.86. The number of hydrogen-bond donors (Lipinski definition) is 3. The minimum Gasteiger partial charge on any atom is -0.368 e. The maximum atomic E-state index is 14.4.